The molecular weight excluding hydrogens is 232 g/mol. The topological polar surface area (TPSA) is 38.0 Å². The predicted octanol–water partition coefficient (Wildman–Crippen LogP) is 2.04. The summed E-state index contributed by atoms with van der Waals surface area (Å²) in [6.45, 7) is 2.97. The van der Waals surface area contributed by atoms with Crippen molar-refractivity contribution in [3.63, 3.8) is 0 Å². The van der Waals surface area contributed by atoms with E-state index in [1.165, 1.54) is 4.88 Å². The Labute approximate surface area is 105 Å². The summed E-state index contributed by atoms with van der Waals surface area (Å²) in [6, 6.07) is 4.11. The first kappa shape index (κ1) is 11.9. The maximum absolute atomic E-state index is 8.64. The van der Waals surface area contributed by atoms with Gasteiger partial charge in [-0.05, 0) is 19.1 Å². The zero-order chi connectivity index (χ0) is 12.1. The average molecular weight is 246 g/mol. The Morgan fingerprint density at radius 2 is 2.35 bits per heavy atom. The number of aryl methyl sites for hydroxylation is 1. The van der Waals surface area contributed by atoms with Crippen LogP contribution in [0.4, 0.5) is 0 Å². The van der Waals surface area contributed by atoms with Crippen LogP contribution in [-0.4, -0.2) is 21.3 Å². The summed E-state index contributed by atoms with van der Waals surface area (Å²) >= 11 is 1.69. The summed E-state index contributed by atoms with van der Waals surface area (Å²) in [5.74, 6) is 6.99. The lowest BCUT2D eigenvalue weighted by Gasteiger charge is -2.01. The number of aliphatic hydroxyl groups excluding tert-OH is 1. The highest BCUT2D eigenvalue weighted by atomic mass is 32.1. The van der Waals surface area contributed by atoms with Crippen molar-refractivity contribution in [1.82, 2.24) is 9.55 Å². The van der Waals surface area contributed by atoms with Crippen molar-refractivity contribution >= 4 is 11.3 Å². The fraction of sp³-hybridized carbons (Fsp3) is 0.308. The minimum atomic E-state index is 0.124. The molecule has 4 heteroatoms. The number of aromatic nitrogens is 2. The molecule has 17 heavy (non-hydrogen) atoms. The summed E-state index contributed by atoms with van der Waals surface area (Å²) in [5, 5.41) is 8.64. The SMILES string of the molecule is Cc1nccn1Cc1ccc(C#CCCO)s1. The average Bonchev–Trinajstić information content (AvgIpc) is 2.91. The lowest BCUT2D eigenvalue weighted by atomic mass is 10.4. The molecule has 88 valence electrons. The summed E-state index contributed by atoms with van der Waals surface area (Å²) in [5.41, 5.74) is 0. The van der Waals surface area contributed by atoms with Gasteiger partial charge in [0.05, 0.1) is 18.0 Å². The quantitative estimate of drug-likeness (QED) is 0.842. The van der Waals surface area contributed by atoms with Crippen LogP contribution in [0.15, 0.2) is 24.5 Å². The Hall–Kier alpha value is -1.57. The minimum absolute atomic E-state index is 0.124. The number of nitrogens with zero attached hydrogens (tertiary/aromatic N) is 2. The van der Waals surface area contributed by atoms with Crippen LogP contribution in [0, 0.1) is 18.8 Å². The molecule has 0 unspecified atom stereocenters. The maximum Gasteiger partial charge on any atom is 0.105 e. The summed E-state index contributed by atoms with van der Waals surface area (Å²) in [4.78, 5) is 6.50. The molecule has 0 aliphatic heterocycles. The highest BCUT2D eigenvalue weighted by molar-refractivity contribution is 7.12. The van der Waals surface area contributed by atoms with Crippen molar-refractivity contribution in [3.8, 4) is 11.8 Å². The molecule has 3 nitrogen and oxygen atoms in total. The summed E-state index contributed by atoms with van der Waals surface area (Å²) in [7, 11) is 0. The normalized spacial score (nSPS) is 10.0. The van der Waals surface area contributed by atoms with Gasteiger partial charge in [-0.25, -0.2) is 4.98 Å². The first-order valence-electron chi connectivity index (χ1n) is 5.46. The van der Waals surface area contributed by atoms with E-state index < -0.39 is 0 Å². The van der Waals surface area contributed by atoms with Gasteiger partial charge in [0.1, 0.15) is 5.82 Å². The molecule has 0 amide bonds. The van der Waals surface area contributed by atoms with Gasteiger partial charge in [0.15, 0.2) is 0 Å². The lowest BCUT2D eigenvalue weighted by molar-refractivity contribution is 0.305. The predicted molar refractivity (Wildman–Crippen MR) is 69.0 cm³/mol. The van der Waals surface area contributed by atoms with Crippen molar-refractivity contribution in [2.24, 2.45) is 0 Å². The number of thiophene rings is 1. The highest BCUT2D eigenvalue weighted by Crippen LogP contribution is 2.17. The molecule has 0 aliphatic rings. The molecule has 0 saturated carbocycles. The van der Waals surface area contributed by atoms with Crippen LogP contribution in [0.3, 0.4) is 0 Å². The van der Waals surface area contributed by atoms with Gasteiger partial charge in [-0.15, -0.1) is 11.3 Å². The van der Waals surface area contributed by atoms with Gasteiger partial charge in [0.25, 0.3) is 0 Å². The number of aliphatic hydroxyl groups is 1. The standard InChI is InChI=1S/C13H14N2OS/c1-11-14-7-8-15(11)10-13-6-5-12(17-13)4-2-3-9-16/h5-8,16H,3,9-10H2,1H3. The number of hydrogen-bond acceptors (Lipinski definition) is 3. The molecule has 0 bridgehead atoms. The molecule has 2 heterocycles. The Morgan fingerprint density at radius 1 is 1.47 bits per heavy atom. The van der Waals surface area contributed by atoms with E-state index in [1.807, 2.05) is 25.4 Å². The van der Waals surface area contributed by atoms with E-state index in [0.29, 0.717) is 6.42 Å². The molecule has 0 fully saturated rings. The van der Waals surface area contributed by atoms with E-state index in [4.69, 9.17) is 5.11 Å². The van der Waals surface area contributed by atoms with Gasteiger partial charge in [-0.1, -0.05) is 11.8 Å². The third-order valence-electron chi connectivity index (χ3n) is 2.36. The van der Waals surface area contributed by atoms with Gasteiger partial charge < -0.3 is 9.67 Å². The van der Waals surface area contributed by atoms with Crippen molar-refractivity contribution in [2.75, 3.05) is 6.61 Å². The van der Waals surface area contributed by atoms with E-state index in [1.54, 1.807) is 11.3 Å². The summed E-state index contributed by atoms with van der Waals surface area (Å²) in [6.07, 6.45) is 4.32. The monoisotopic (exact) mass is 246 g/mol. The molecule has 2 rings (SSSR count). The van der Waals surface area contributed by atoms with Crippen molar-refractivity contribution in [2.45, 2.75) is 19.9 Å². The summed E-state index contributed by atoms with van der Waals surface area (Å²) < 4.78 is 2.11. The fourth-order valence-corrected chi connectivity index (χ4v) is 2.36. The van der Waals surface area contributed by atoms with Crippen LogP contribution in [-0.2, 0) is 6.54 Å². The van der Waals surface area contributed by atoms with E-state index >= 15 is 0 Å². The second kappa shape index (κ2) is 5.67. The fourth-order valence-electron chi connectivity index (χ4n) is 1.47. The lowest BCUT2D eigenvalue weighted by Crippen LogP contribution is -1.98. The first-order valence-corrected chi connectivity index (χ1v) is 6.27. The molecule has 2 aromatic heterocycles. The molecule has 0 saturated heterocycles. The van der Waals surface area contributed by atoms with Crippen molar-refractivity contribution < 1.29 is 5.11 Å². The molecule has 2 aromatic rings. The zero-order valence-corrected chi connectivity index (χ0v) is 10.5. The Bertz CT molecular complexity index is 545. The highest BCUT2D eigenvalue weighted by Gasteiger charge is 2.01. The van der Waals surface area contributed by atoms with Gasteiger partial charge in [-0.3, -0.25) is 0 Å². The maximum atomic E-state index is 8.64. The smallest absolute Gasteiger partial charge is 0.105 e. The van der Waals surface area contributed by atoms with Gasteiger partial charge in [0.2, 0.25) is 0 Å². The van der Waals surface area contributed by atoms with Crippen LogP contribution in [0.1, 0.15) is 22.0 Å². The molecule has 0 aliphatic carbocycles. The van der Waals surface area contributed by atoms with E-state index in [2.05, 4.69) is 27.5 Å². The molecule has 0 atom stereocenters. The number of hydrogen-bond donors (Lipinski definition) is 1. The second-order valence-electron chi connectivity index (χ2n) is 3.64. The van der Waals surface area contributed by atoms with E-state index in [0.717, 1.165) is 17.2 Å². The second-order valence-corrected chi connectivity index (χ2v) is 4.81. The van der Waals surface area contributed by atoms with Crippen LogP contribution in [0.5, 0.6) is 0 Å². The van der Waals surface area contributed by atoms with E-state index in [9.17, 15) is 0 Å². The van der Waals surface area contributed by atoms with Crippen LogP contribution in [0.25, 0.3) is 0 Å². The molecule has 0 aromatic carbocycles. The third-order valence-corrected chi connectivity index (χ3v) is 3.35. The molecular formula is C13H14N2OS. The van der Waals surface area contributed by atoms with Gasteiger partial charge in [0, 0.05) is 23.7 Å². The Kier molecular flexibility index (Phi) is 3.97. The van der Waals surface area contributed by atoms with Crippen molar-refractivity contribution in [3.05, 3.63) is 40.1 Å². The van der Waals surface area contributed by atoms with Crippen LogP contribution >= 0.6 is 11.3 Å². The molecule has 1 N–H and O–H groups in total. The van der Waals surface area contributed by atoms with Crippen LogP contribution < -0.4 is 0 Å². The molecule has 0 radical (unpaired) electrons. The van der Waals surface area contributed by atoms with Gasteiger partial charge >= 0.3 is 0 Å². The van der Waals surface area contributed by atoms with Gasteiger partial charge in [-0.2, -0.15) is 0 Å². The number of rotatable bonds is 3. The zero-order valence-electron chi connectivity index (χ0n) is 9.68. The van der Waals surface area contributed by atoms with Crippen LogP contribution in [0.2, 0.25) is 0 Å². The third kappa shape index (κ3) is 3.19. The Morgan fingerprint density at radius 3 is 3.06 bits per heavy atom. The number of imidazole rings is 1. The largest absolute Gasteiger partial charge is 0.395 e. The molecule has 0 spiro atoms. The van der Waals surface area contributed by atoms with E-state index in [-0.39, 0.29) is 6.61 Å². The first-order chi connectivity index (χ1) is 8.29. The van der Waals surface area contributed by atoms with Crippen molar-refractivity contribution in [1.29, 1.82) is 0 Å². The Balaban J connectivity index is 2.05. The minimum Gasteiger partial charge on any atom is -0.395 e.